The van der Waals surface area contributed by atoms with Gasteiger partial charge >= 0.3 is 6.09 Å². The van der Waals surface area contributed by atoms with Crippen molar-refractivity contribution < 1.29 is 19.4 Å². The number of likely N-dealkylation sites (tertiary alicyclic amines) is 1. The maximum Gasteiger partial charge on any atom is 0.404 e. The predicted molar refractivity (Wildman–Crippen MR) is 138 cm³/mol. The Morgan fingerprint density at radius 1 is 0.972 bits per heavy atom. The fourth-order valence-corrected chi connectivity index (χ4v) is 4.58. The van der Waals surface area contributed by atoms with Gasteiger partial charge in [-0.25, -0.2) is 4.79 Å². The number of benzene rings is 3. The second-order valence-electron chi connectivity index (χ2n) is 8.94. The topological polar surface area (TPSA) is 91.8 Å². The molecule has 7 heteroatoms. The van der Waals surface area contributed by atoms with E-state index in [1.165, 1.54) is 0 Å². The molecule has 0 atom stereocenters. The summed E-state index contributed by atoms with van der Waals surface area (Å²) in [6, 6.07) is 23.5. The molecule has 0 aliphatic carbocycles. The highest BCUT2D eigenvalue weighted by Gasteiger charge is 2.24. The summed E-state index contributed by atoms with van der Waals surface area (Å²) in [5, 5.41) is 13.3. The Hall–Kier alpha value is -4.39. The number of pyridine rings is 1. The Bertz CT molecular complexity index is 1360. The summed E-state index contributed by atoms with van der Waals surface area (Å²) in [7, 11) is 0. The summed E-state index contributed by atoms with van der Waals surface area (Å²) in [6.45, 7) is 1.55. The Morgan fingerprint density at radius 2 is 1.72 bits per heavy atom. The van der Waals surface area contributed by atoms with Gasteiger partial charge < -0.3 is 20.1 Å². The zero-order valence-electron chi connectivity index (χ0n) is 19.8. The van der Waals surface area contributed by atoms with E-state index in [-0.39, 0.29) is 11.9 Å². The van der Waals surface area contributed by atoms with Gasteiger partial charge in [-0.3, -0.25) is 9.78 Å². The fourth-order valence-electron chi connectivity index (χ4n) is 4.58. The van der Waals surface area contributed by atoms with E-state index in [0.29, 0.717) is 38.1 Å². The van der Waals surface area contributed by atoms with Gasteiger partial charge in [0.05, 0.1) is 0 Å². The minimum Gasteiger partial charge on any atom is -0.489 e. The summed E-state index contributed by atoms with van der Waals surface area (Å²) >= 11 is 0. The van der Waals surface area contributed by atoms with Crippen LogP contribution in [0.5, 0.6) is 5.75 Å². The van der Waals surface area contributed by atoms with Crippen molar-refractivity contribution in [2.24, 2.45) is 0 Å². The molecule has 0 spiro atoms. The molecule has 0 bridgehead atoms. The molecule has 2 N–H and O–H groups in total. The van der Waals surface area contributed by atoms with Gasteiger partial charge in [0, 0.05) is 48.0 Å². The number of rotatable bonds is 6. The van der Waals surface area contributed by atoms with E-state index in [9.17, 15) is 9.59 Å². The zero-order chi connectivity index (χ0) is 24.9. The highest BCUT2D eigenvalue weighted by Crippen LogP contribution is 2.30. The van der Waals surface area contributed by atoms with Gasteiger partial charge in [-0.15, -0.1) is 0 Å². The van der Waals surface area contributed by atoms with E-state index in [0.717, 1.165) is 33.2 Å². The first kappa shape index (κ1) is 23.4. The number of nitrogens with one attached hydrogen (secondary N) is 1. The molecule has 1 saturated heterocycles. The quantitative estimate of drug-likeness (QED) is 0.387. The molecule has 0 unspecified atom stereocenters. The molecule has 5 rings (SSSR count). The second kappa shape index (κ2) is 10.5. The molecule has 1 aromatic heterocycles. The van der Waals surface area contributed by atoms with Crippen molar-refractivity contribution in [2.75, 3.05) is 13.1 Å². The third kappa shape index (κ3) is 5.30. The minimum atomic E-state index is -1.02. The molecule has 36 heavy (non-hydrogen) atoms. The first-order valence-corrected chi connectivity index (χ1v) is 12.0. The lowest BCUT2D eigenvalue weighted by molar-refractivity contribution is 0.0706. The van der Waals surface area contributed by atoms with Crippen LogP contribution in [-0.4, -0.2) is 46.1 Å². The van der Waals surface area contributed by atoms with Gasteiger partial charge in [0.2, 0.25) is 0 Å². The van der Waals surface area contributed by atoms with Crippen LogP contribution in [0.4, 0.5) is 4.79 Å². The lowest BCUT2D eigenvalue weighted by Gasteiger charge is -2.32. The monoisotopic (exact) mass is 481 g/mol. The largest absolute Gasteiger partial charge is 0.489 e. The maximum atomic E-state index is 13.2. The summed E-state index contributed by atoms with van der Waals surface area (Å²) in [6.07, 6.45) is 3.82. The highest BCUT2D eigenvalue weighted by atomic mass is 16.5. The van der Waals surface area contributed by atoms with Crippen molar-refractivity contribution in [3.63, 3.8) is 0 Å². The van der Waals surface area contributed by atoms with Gasteiger partial charge in [0.25, 0.3) is 5.91 Å². The van der Waals surface area contributed by atoms with Crippen LogP contribution in [0.15, 0.2) is 85.2 Å². The Labute approximate surface area is 209 Å². The van der Waals surface area contributed by atoms with Gasteiger partial charge in [-0.2, -0.15) is 0 Å². The standard InChI is InChI=1S/C29H27N3O4/c33-28(32-14-12-24(13-15-32)31-29(34)35)22-6-7-23-17-30-18-27(26(23)16-22)21-8-10-25(11-9-21)36-19-20-4-2-1-3-5-20/h1-11,16-18,24,31H,12-15,19H2,(H,34,35). The molecule has 1 fully saturated rings. The van der Waals surface area contributed by atoms with Crippen LogP contribution in [0, 0.1) is 0 Å². The lowest BCUT2D eigenvalue weighted by atomic mass is 9.98. The number of carbonyl (C=O) groups excluding carboxylic acids is 1. The van der Waals surface area contributed by atoms with Gasteiger partial charge in [-0.05, 0) is 53.6 Å². The molecule has 2 amide bonds. The molecule has 0 saturated carbocycles. The molecule has 1 aliphatic rings. The average Bonchev–Trinajstić information content (AvgIpc) is 2.92. The third-order valence-corrected chi connectivity index (χ3v) is 6.53. The van der Waals surface area contributed by atoms with E-state index >= 15 is 0 Å². The number of carboxylic acid groups (broad SMARTS) is 1. The first-order valence-electron chi connectivity index (χ1n) is 12.0. The van der Waals surface area contributed by atoms with Crippen molar-refractivity contribution in [3.05, 3.63) is 96.3 Å². The summed E-state index contributed by atoms with van der Waals surface area (Å²) < 4.78 is 5.91. The number of hydrogen-bond donors (Lipinski definition) is 2. The number of aromatic nitrogens is 1. The van der Waals surface area contributed by atoms with Gasteiger partial charge in [0.15, 0.2) is 0 Å². The first-order chi connectivity index (χ1) is 17.6. The average molecular weight is 482 g/mol. The minimum absolute atomic E-state index is 0.0434. The fraction of sp³-hybridized carbons (Fsp3) is 0.207. The molecule has 2 heterocycles. The predicted octanol–water partition coefficient (Wildman–Crippen LogP) is 5.35. The number of nitrogens with zero attached hydrogens (tertiary/aromatic N) is 2. The third-order valence-electron chi connectivity index (χ3n) is 6.53. The normalized spacial score (nSPS) is 13.9. The number of amides is 2. The Morgan fingerprint density at radius 3 is 2.44 bits per heavy atom. The van der Waals surface area contributed by atoms with Crippen LogP contribution < -0.4 is 10.1 Å². The van der Waals surface area contributed by atoms with E-state index in [1.54, 1.807) is 11.1 Å². The van der Waals surface area contributed by atoms with E-state index < -0.39 is 6.09 Å². The van der Waals surface area contributed by atoms with Crippen LogP contribution in [0.1, 0.15) is 28.8 Å². The SMILES string of the molecule is O=C(O)NC1CCN(C(=O)c2ccc3cncc(-c4ccc(OCc5ccccc5)cc4)c3c2)CC1. The molecular formula is C29H27N3O4. The molecule has 1 aliphatic heterocycles. The van der Waals surface area contributed by atoms with Crippen molar-refractivity contribution in [2.45, 2.75) is 25.5 Å². The smallest absolute Gasteiger partial charge is 0.404 e. The van der Waals surface area contributed by atoms with Crippen molar-refractivity contribution in [1.82, 2.24) is 15.2 Å². The summed E-state index contributed by atoms with van der Waals surface area (Å²) in [5.41, 5.74) is 3.66. The molecule has 182 valence electrons. The molecule has 0 radical (unpaired) electrons. The molecule has 7 nitrogen and oxygen atoms in total. The van der Waals surface area contributed by atoms with Crippen LogP contribution >= 0.6 is 0 Å². The number of carbonyl (C=O) groups is 2. The molecular weight excluding hydrogens is 454 g/mol. The summed E-state index contributed by atoms with van der Waals surface area (Å²) in [5.74, 6) is 0.741. The second-order valence-corrected chi connectivity index (χ2v) is 8.94. The Kier molecular flexibility index (Phi) is 6.80. The number of hydrogen-bond acceptors (Lipinski definition) is 4. The number of piperidine rings is 1. The molecule has 3 aromatic carbocycles. The van der Waals surface area contributed by atoms with Crippen LogP contribution in [-0.2, 0) is 6.61 Å². The number of fused-ring (bicyclic) bond motifs is 1. The Balaban J connectivity index is 1.33. The number of ether oxygens (including phenoxy) is 1. The van der Waals surface area contributed by atoms with Gasteiger partial charge in [0.1, 0.15) is 12.4 Å². The summed E-state index contributed by atoms with van der Waals surface area (Å²) in [4.78, 5) is 30.3. The van der Waals surface area contributed by atoms with E-state index in [2.05, 4.69) is 10.3 Å². The van der Waals surface area contributed by atoms with E-state index in [1.807, 2.05) is 79.0 Å². The lowest BCUT2D eigenvalue weighted by Crippen LogP contribution is -2.46. The highest BCUT2D eigenvalue weighted by molar-refractivity contribution is 6.02. The van der Waals surface area contributed by atoms with Crippen molar-refractivity contribution in [1.29, 1.82) is 0 Å². The van der Waals surface area contributed by atoms with Gasteiger partial charge in [-0.1, -0.05) is 48.5 Å². The van der Waals surface area contributed by atoms with Crippen molar-refractivity contribution >= 4 is 22.8 Å². The van der Waals surface area contributed by atoms with Crippen molar-refractivity contribution in [3.8, 4) is 16.9 Å². The molecule has 4 aromatic rings. The van der Waals surface area contributed by atoms with Crippen LogP contribution in [0.2, 0.25) is 0 Å². The maximum absolute atomic E-state index is 13.2. The van der Waals surface area contributed by atoms with E-state index in [4.69, 9.17) is 9.84 Å². The van der Waals surface area contributed by atoms with Crippen LogP contribution in [0.3, 0.4) is 0 Å². The zero-order valence-corrected chi connectivity index (χ0v) is 19.8. The van der Waals surface area contributed by atoms with Crippen LogP contribution in [0.25, 0.3) is 21.9 Å².